The van der Waals surface area contributed by atoms with Crippen molar-refractivity contribution in [2.75, 3.05) is 27.9 Å². The van der Waals surface area contributed by atoms with E-state index in [1.807, 2.05) is 42.5 Å². The lowest BCUT2D eigenvalue weighted by molar-refractivity contribution is -0.115. The maximum absolute atomic E-state index is 11.8. The molecule has 0 atom stereocenters. The van der Waals surface area contributed by atoms with Crippen molar-refractivity contribution in [1.29, 1.82) is 0 Å². The third-order valence-electron chi connectivity index (χ3n) is 3.78. The lowest BCUT2D eigenvalue weighted by Gasteiger charge is -2.09. The van der Waals surface area contributed by atoms with Gasteiger partial charge in [0.25, 0.3) is 5.91 Å². The maximum atomic E-state index is 11.8. The van der Waals surface area contributed by atoms with Crippen molar-refractivity contribution in [2.24, 2.45) is 0 Å². The molecule has 0 aliphatic carbocycles. The Morgan fingerprint density at radius 1 is 0.962 bits per heavy atom. The van der Waals surface area contributed by atoms with E-state index in [1.54, 1.807) is 21.3 Å². The summed E-state index contributed by atoms with van der Waals surface area (Å²) in [6.07, 6.45) is 1.18. The third kappa shape index (κ3) is 5.75. The molecular formula is C21H23NO4. The molecule has 0 bridgehead atoms. The first-order valence-corrected chi connectivity index (χ1v) is 8.26. The quantitative estimate of drug-likeness (QED) is 0.778. The number of nitrogens with one attached hydrogen (secondary N) is 1. The van der Waals surface area contributed by atoms with E-state index in [0.717, 1.165) is 16.9 Å². The highest BCUT2D eigenvalue weighted by Gasteiger charge is 2.04. The zero-order chi connectivity index (χ0) is 18.8. The number of amides is 1. The minimum Gasteiger partial charge on any atom is -0.497 e. The van der Waals surface area contributed by atoms with Crippen molar-refractivity contribution in [1.82, 2.24) is 5.32 Å². The minimum atomic E-state index is -0.284. The average molecular weight is 353 g/mol. The fourth-order valence-corrected chi connectivity index (χ4v) is 2.41. The first-order chi connectivity index (χ1) is 12.7. The molecule has 0 radical (unpaired) electrons. The summed E-state index contributed by atoms with van der Waals surface area (Å²) in [5.41, 5.74) is 2.06. The molecule has 2 aromatic carbocycles. The molecule has 26 heavy (non-hydrogen) atoms. The normalized spacial score (nSPS) is 9.65. The van der Waals surface area contributed by atoms with Crippen LogP contribution in [0.3, 0.4) is 0 Å². The van der Waals surface area contributed by atoms with Crippen LogP contribution in [0.4, 0.5) is 0 Å². The van der Waals surface area contributed by atoms with E-state index < -0.39 is 0 Å². The predicted molar refractivity (Wildman–Crippen MR) is 101 cm³/mol. The Bertz CT molecular complexity index is 805. The number of benzene rings is 2. The Morgan fingerprint density at radius 2 is 1.77 bits per heavy atom. The van der Waals surface area contributed by atoms with Crippen LogP contribution in [0.15, 0.2) is 42.5 Å². The SMILES string of the molecule is COc1cccc(CC#CC(=O)NCCc2ccc(OC)c(OC)c2)c1. The predicted octanol–water partition coefficient (Wildman–Crippen LogP) is 2.62. The smallest absolute Gasteiger partial charge is 0.295 e. The summed E-state index contributed by atoms with van der Waals surface area (Å²) in [6.45, 7) is 0.502. The molecule has 5 heteroatoms. The molecule has 0 unspecified atom stereocenters. The second-order valence-electron chi connectivity index (χ2n) is 5.53. The van der Waals surface area contributed by atoms with Gasteiger partial charge in [0.15, 0.2) is 11.5 Å². The summed E-state index contributed by atoms with van der Waals surface area (Å²) < 4.78 is 15.6. The van der Waals surface area contributed by atoms with Gasteiger partial charge in [-0.2, -0.15) is 0 Å². The highest BCUT2D eigenvalue weighted by molar-refractivity contribution is 5.93. The molecule has 0 fully saturated rings. The summed E-state index contributed by atoms with van der Waals surface area (Å²) in [5.74, 6) is 7.35. The topological polar surface area (TPSA) is 56.8 Å². The van der Waals surface area contributed by atoms with E-state index in [-0.39, 0.29) is 5.91 Å². The van der Waals surface area contributed by atoms with Crippen LogP contribution in [0.2, 0.25) is 0 Å². The molecule has 0 heterocycles. The van der Waals surface area contributed by atoms with Gasteiger partial charge < -0.3 is 19.5 Å². The second-order valence-corrected chi connectivity index (χ2v) is 5.53. The standard InChI is InChI=1S/C21H23NO4/c1-24-18-8-4-6-16(14-18)7-5-9-21(23)22-13-12-17-10-11-19(25-2)20(15-17)26-3/h4,6,8,10-11,14-15H,7,12-13H2,1-3H3,(H,22,23). The number of ether oxygens (including phenoxy) is 3. The van der Waals surface area contributed by atoms with Gasteiger partial charge in [0, 0.05) is 13.0 Å². The van der Waals surface area contributed by atoms with Gasteiger partial charge in [-0.25, -0.2) is 0 Å². The number of carbonyl (C=O) groups excluding carboxylic acids is 1. The Labute approximate surface area is 154 Å². The molecule has 0 aliphatic rings. The van der Waals surface area contributed by atoms with Gasteiger partial charge in [0.1, 0.15) is 5.75 Å². The van der Waals surface area contributed by atoms with E-state index >= 15 is 0 Å². The van der Waals surface area contributed by atoms with Crippen molar-refractivity contribution >= 4 is 5.91 Å². The van der Waals surface area contributed by atoms with Gasteiger partial charge in [-0.1, -0.05) is 24.1 Å². The Morgan fingerprint density at radius 3 is 2.50 bits per heavy atom. The van der Waals surface area contributed by atoms with Crippen LogP contribution in [0.1, 0.15) is 11.1 Å². The van der Waals surface area contributed by atoms with Crippen molar-refractivity contribution < 1.29 is 19.0 Å². The summed E-state index contributed by atoms with van der Waals surface area (Å²) in [5, 5.41) is 2.80. The van der Waals surface area contributed by atoms with Crippen LogP contribution >= 0.6 is 0 Å². The fraction of sp³-hybridized carbons (Fsp3) is 0.286. The van der Waals surface area contributed by atoms with E-state index in [1.165, 1.54) is 0 Å². The van der Waals surface area contributed by atoms with Crippen molar-refractivity contribution in [3.05, 3.63) is 53.6 Å². The van der Waals surface area contributed by atoms with Crippen molar-refractivity contribution in [3.8, 4) is 29.1 Å². The van der Waals surface area contributed by atoms with Gasteiger partial charge >= 0.3 is 0 Å². The highest BCUT2D eigenvalue weighted by Crippen LogP contribution is 2.27. The lowest BCUT2D eigenvalue weighted by Crippen LogP contribution is -2.24. The molecule has 136 valence electrons. The van der Waals surface area contributed by atoms with Gasteiger partial charge in [0.2, 0.25) is 0 Å². The molecule has 0 saturated heterocycles. The van der Waals surface area contributed by atoms with Gasteiger partial charge in [-0.15, -0.1) is 0 Å². The lowest BCUT2D eigenvalue weighted by atomic mass is 10.1. The van der Waals surface area contributed by atoms with Crippen LogP contribution in [0, 0.1) is 11.8 Å². The van der Waals surface area contributed by atoms with Crippen LogP contribution in [-0.2, 0) is 17.6 Å². The molecule has 0 saturated carbocycles. The van der Waals surface area contributed by atoms with Crippen LogP contribution < -0.4 is 19.5 Å². The Hall–Kier alpha value is -3.13. The molecule has 0 spiro atoms. The molecule has 2 rings (SSSR count). The molecule has 5 nitrogen and oxygen atoms in total. The number of methoxy groups -OCH3 is 3. The van der Waals surface area contributed by atoms with Crippen LogP contribution in [0.25, 0.3) is 0 Å². The summed E-state index contributed by atoms with van der Waals surface area (Å²) in [4.78, 5) is 11.8. The molecule has 1 amide bonds. The summed E-state index contributed by atoms with van der Waals surface area (Å²) in [7, 11) is 4.82. The first-order valence-electron chi connectivity index (χ1n) is 8.26. The zero-order valence-electron chi connectivity index (χ0n) is 15.3. The molecule has 0 aromatic heterocycles. The monoisotopic (exact) mass is 353 g/mol. The van der Waals surface area contributed by atoms with E-state index in [4.69, 9.17) is 14.2 Å². The first kappa shape index (κ1) is 19.2. The Balaban J connectivity index is 1.80. The zero-order valence-corrected chi connectivity index (χ0v) is 15.3. The second kappa shape index (κ2) is 10.00. The van der Waals surface area contributed by atoms with Gasteiger partial charge in [-0.05, 0) is 47.7 Å². The maximum Gasteiger partial charge on any atom is 0.295 e. The summed E-state index contributed by atoms with van der Waals surface area (Å²) in [6, 6.07) is 13.3. The molecule has 0 aliphatic heterocycles. The van der Waals surface area contributed by atoms with E-state index in [0.29, 0.717) is 30.9 Å². The Kier molecular flexibility index (Phi) is 7.38. The molecule has 2 aromatic rings. The molecule has 1 N–H and O–H groups in total. The average Bonchev–Trinajstić information content (AvgIpc) is 2.68. The molecular weight excluding hydrogens is 330 g/mol. The van der Waals surface area contributed by atoms with Crippen molar-refractivity contribution in [3.63, 3.8) is 0 Å². The van der Waals surface area contributed by atoms with Crippen LogP contribution in [0.5, 0.6) is 17.2 Å². The fourth-order valence-electron chi connectivity index (χ4n) is 2.41. The minimum absolute atomic E-state index is 0.284. The van der Waals surface area contributed by atoms with Gasteiger partial charge in [-0.3, -0.25) is 4.79 Å². The number of hydrogen-bond donors (Lipinski definition) is 1. The highest BCUT2D eigenvalue weighted by atomic mass is 16.5. The third-order valence-corrected chi connectivity index (χ3v) is 3.78. The largest absolute Gasteiger partial charge is 0.497 e. The van der Waals surface area contributed by atoms with Crippen LogP contribution in [-0.4, -0.2) is 33.8 Å². The van der Waals surface area contributed by atoms with E-state index in [2.05, 4.69) is 17.2 Å². The van der Waals surface area contributed by atoms with Crippen molar-refractivity contribution in [2.45, 2.75) is 12.8 Å². The number of rotatable bonds is 7. The van der Waals surface area contributed by atoms with Gasteiger partial charge in [0.05, 0.1) is 21.3 Å². The number of hydrogen-bond acceptors (Lipinski definition) is 4. The van der Waals surface area contributed by atoms with E-state index in [9.17, 15) is 4.79 Å². The number of carbonyl (C=O) groups is 1. The summed E-state index contributed by atoms with van der Waals surface area (Å²) >= 11 is 0.